The number of hydrogen-bond acceptors (Lipinski definition) is 4. The van der Waals surface area contributed by atoms with E-state index in [0.717, 1.165) is 44.9 Å². The van der Waals surface area contributed by atoms with E-state index in [4.69, 9.17) is 9.84 Å². The molecular weight excluding hydrogens is 412 g/mol. The molecule has 3 atom stereocenters. The Morgan fingerprint density at radius 2 is 1.16 bits per heavy atom. The molecule has 6 heteroatoms. The molecule has 0 aliphatic rings. The molecule has 1 radical (unpaired) electrons. The minimum Gasteiger partial charge on any atom is -0.381 e. The van der Waals surface area contributed by atoms with Crippen LogP contribution < -0.4 is 0 Å². The summed E-state index contributed by atoms with van der Waals surface area (Å²) < 4.78 is 29.3. The number of unbranched alkanes of at least 4 members (excludes halogenated alkanes) is 11. The van der Waals surface area contributed by atoms with E-state index < -0.39 is 17.0 Å². The fourth-order valence-corrected chi connectivity index (χ4v) is 5.02. The SMILES string of the molecule is CCCCCCCCCC(CC(CCCCCCCC)CCOCCC([O])O)[SH](=O)=O. The molecule has 0 fully saturated rings. The van der Waals surface area contributed by atoms with Gasteiger partial charge in [0.1, 0.15) is 10.7 Å². The maximum Gasteiger partial charge on any atom is 0.191 e. The van der Waals surface area contributed by atoms with Gasteiger partial charge in [0.05, 0.1) is 11.9 Å². The summed E-state index contributed by atoms with van der Waals surface area (Å²) in [6, 6.07) is 0. The molecule has 0 aromatic rings. The fraction of sp³-hybridized carbons (Fsp3) is 1.00. The van der Waals surface area contributed by atoms with Gasteiger partial charge < -0.3 is 9.84 Å². The highest BCUT2D eigenvalue weighted by Gasteiger charge is 2.19. The van der Waals surface area contributed by atoms with Crippen molar-refractivity contribution in [3.63, 3.8) is 0 Å². The summed E-state index contributed by atoms with van der Waals surface area (Å²) in [4.78, 5) is 0. The Morgan fingerprint density at radius 1 is 0.677 bits per heavy atom. The number of ether oxygens (including phenoxy) is 1. The fourth-order valence-electron chi connectivity index (χ4n) is 4.16. The Bertz CT molecular complexity index is 432. The van der Waals surface area contributed by atoms with E-state index in [0.29, 0.717) is 12.5 Å². The summed E-state index contributed by atoms with van der Waals surface area (Å²) in [5.41, 5.74) is 0. The van der Waals surface area contributed by atoms with Gasteiger partial charge in [-0.15, -0.1) is 0 Å². The molecule has 0 heterocycles. The van der Waals surface area contributed by atoms with Gasteiger partial charge in [-0.05, 0) is 25.2 Å². The molecule has 31 heavy (non-hydrogen) atoms. The van der Waals surface area contributed by atoms with Crippen molar-refractivity contribution in [3.8, 4) is 0 Å². The van der Waals surface area contributed by atoms with Gasteiger partial charge in [-0.1, -0.05) is 104 Å². The molecule has 0 saturated carbocycles. The molecule has 5 nitrogen and oxygen atoms in total. The molecule has 187 valence electrons. The molecule has 3 unspecified atom stereocenters. The van der Waals surface area contributed by atoms with Crippen LogP contribution in [0.15, 0.2) is 0 Å². The van der Waals surface area contributed by atoms with E-state index in [1.165, 1.54) is 64.2 Å². The minimum absolute atomic E-state index is 0.107. The van der Waals surface area contributed by atoms with Crippen LogP contribution in [-0.2, 0) is 20.5 Å². The van der Waals surface area contributed by atoms with Gasteiger partial charge in [-0.3, -0.25) is 0 Å². The molecule has 1 N–H and O–H groups in total. The maximum absolute atomic E-state index is 11.9. The zero-order valence-electron chi connectivity index (χ0n) is 20.4. The van der Waals surface area contributed by atoms with Crippen molar-refractivity contribution in [2.75, 3.05) is 13.2 Å². The molecule has 0 amide bonds. The first-order valence-electron chi connectivity index (χ1n) is 13.1. The van der Waals surface area contributed by atoms with Crippen molar-refractivity contribution in [2.45, 2.75) is 141 Å². The van der Waals surface area contributed by atoms with Gasteiger partial charge in [0.15, 0.2) is 6.29 Å². The third-order valence-electron chi connectivity index (χ3n) is 6.19. The van der Waals surface area contributed by atoms with E-state index in [9.17, 15) is 13.5 Å². The topological polar surface area (TPSA) is 83.5 Å². The van der Waals surface area contributed by atoms with Crippen LogP contribution in [0.3, 0.4) is 0 Å². The Balaban J connectivity index is 4.37. The predicted molar refractivity (Wildman–Crippen MR) is 130 cm³/mol. The van der Waals surface area contributed by atoms with Crippen molar-refractivity contribution in [2.24, 2.45) is 5.92 Å². The lowest BCUT2D eigenvalue weighted by Crippen LogP contribution is -2.18. The third kappa shape index (κ3) is 21.4. The number of hydrogen-bond donors (Lipinski definition) is 2. The maximum atomic E-state index is 11.9. The van der Waals surface area contributed by atoms with Crippen LogP contribution >= 0.6 is 0 Å². The van der Waals surface area contributed by atoms with Crippen molar-refractivity contribution < 1.29 is 23.4 Å². The highest BCUT2D eigenvalue weighted by Crippen LogP contribution is 2.24. The second-order valence-corrected chi connectivity index (χ2v) is 10.5. The molecule has 0 aliphatic carbocycles. The predicted octanol–water partition coefficient (Wildman–Crippen LogP) is 6.41. The number of aliphatic hydroxyl groups excluding tert-OH is 1. The number of rotatable bonds is 24. The smallest absolute Gasteiger partial charge is 0.191 e. The van der Waals surface area contributed by atoms with Gasteiger partial charge >= 0.3 is 0 Å². The van der Waals surface area contributed by atoms with E-state index in [1.807, 2.05) is 0 Å². The monoisotopic (exact) mass is 463 g/mol. The lowest BCUT2D eigenvalue weighted by molar-refractivity contribution is -0.107. The molecule has 0 spiro atoms. The van der Waals surface area contributed by atoms with E-state index in [2.05, 4.69) is 13.8 Å². The van der Waals surface area contributed by atoms with Gasteiger partial charge in [0.2, 0.25) is 0 Å². The molecule has 0 aromatic heterocycles. The Kier molecular flexibility index (Phi) is 22.9. The summed E-state index contributed by atoms with van der Waals surface area (Å²) in [6.07, 6.45) is 17.8. The van der Waals surface area contributed by atoms with E-state index >= 15 is 0 Å². The molecular formula is C25H51O5S. The third-order valence-corrected chi connectivity index (χ3v) is 7.26. The normalized spacial score (nSPS) is 13.9. The second kappa shape index (κ2) is 23.0. The van der Waals surface area contributed by atoms with Crippen molar-refractivity contribution in [3.05, 3.63) is 0 Å². The van der Waals surface area contributed by atoms with Crippen molar-refractivity contribution >= 4 is 10.7 Å². The molecule has 0 saturated heterocycles. The van der Waals surface area contributed by atoms with Gasteiger partial charge in [0.25, 0.3) is 0 Å². The van der Waals surface area contributed by atoms with Crippen LogP contribution in [-0.4, -0.2) is 38.3 Å². The summed E-state index contributed by atoms with van der Waals surface area (Å²) >= 11 is 0. The molecule has 0 aliphatic heterocycles. The zero-order chi connectivity index (χ0) is 23.2. The van der Waals surface area contributed by atoms with E-state index in [1.54, 1.807) is 0 Å². The standard InChI is InChI=1S/C25H51O5S/c1-3-5-7-9-11-13-15-17-24(31(28)29)22-23(16-14-12-10-8-6-4-2)18-20-30-21-19-25(26)27/h23-26,31H,3-22H2,1-2H3. The Morgan fingerprint density at radius 3 is 1.68 bits per heavy atom. The van der Waals surface area contributed by atoms with Crippen LogP contribution in [0.25, 0.3) is 0 Å². The Hall–Kier alpha value is -0.170. The molecule has 0 aromatic carbocycles. The zero-order valence-corrected chi connectivity index (χ0v) is 21.3. The van der Waals surface area contributed by atoms with Crippen molar-refractivity contribution in [1.82, 2.24) is 0 Å². The summed E-state index contributed by atoms with van der Waals surface area (Å²) in [5, 5.41) is 19.3. The number of thiol groups is 1. The van der Waals surface area contributed by atoms with Gasteiger partial charge in [-0.25, -0.2) is 13.5 Å². The van der Waals surface area contributed by atoms with Crippen LogP contribution in [0.1, 0.15) is 129 Å². The first kappa shape index (κ1) is 30.8. The molecule has 0 rings (SSSR count). The largest absolute Gasteiger partial charge is 0.381 e. The summed E-state index contributed by atoms with van der Waals surface area (Å²) in [5.74, 6) is 0.353. The quantitative estimate of drug-likeness (QED) is 0.0984. The van der Waals surface area contributed by atoms with Crippen LogP contribution in [0.2, 0.25) is 0 Å². The van der Waals surface area contributed by atoms with Crippen LogP contribution in [0.5, 0.6) is 0 Å². The average Bonchev–Trinajstić information content (AvgIpc) is 2.73. The van der Waals surface area contributed by atoms with E-state index in [-0.39, 0.29) is 18.3 Å². The lowest BCUT2D eigenvalue weighted by Gasteiger charge is -2.21. The highest BCUT2D eigenvalue weighted by atomic mass is 32.2. The molecule has 0 bridgehead atoms. The average molecular weight is 464 g/mol. The first-order chi connectivity index (χ1) is 15.0. The van der Waals surface area contributed by atoms with Crippen LogP contribution in [0.4, 0.5) is 0 Å². The summed E-state index contributed by atoms with van der Waals surface area (Å²) in [6.45, 7) is 5.24. The number of aliphatic hydroxyl groups is 1. The van der Waals surface area contributed by atoms with Gasteiger partial charge in [-0.2, -0.15) is 0 Å². The lowest BCUT2D eigenvalue weighted by atomic mass is 9.91. The first-order valence-corrected chi connectivity index (χ1v) is 14.3. The minimum atomic E-state index is -2.40. The second-order valence-electron chi connectivity index (χ2n) is 9.15. The van der Waals surface area contributed by atoms with Crippen LogP contribution in [0, 0.1) is 5.92 Å². The Labute approximate surface area is 194 Å². The van der Waals surface area contributed by atoms with Gasteiger partial charge in [0, 0.05) is 13.0 Å². The summed E-state index contributed by atoms with van der Waals surface area (Å²) in [7, 11) is -2.40. The van der Waals surface area contributed by atoms with Crippen molar-refractivity contribution in [1.29, 1.82) is 0 Å². The highest BCUT2D eigenvalue weighted by molar-refractivity contribution is 7.73.